The molecule has 0 amide bonds. The number of aromatic carboxylic acids is 1. The highest BCUT2D eigenvalue weighted by Crippen LogP contribution is 2.23. The lowest BCUT2D eigenvalue weighted by molar-refractivity contribution is 0.0697. The van der Waals surface area contributed by atoms with Crippen molar-refractivity contribution in [1.29, 1.82) is 0 Å². The van der Waals surface area contributed by atoms with E-state index in [1.54, 1.807) is 24.4 Å². The Morgan fingerprint density at radius 2 is 1.53 bits per heavy atom. The monoisotopic (exact) mass is 498 g/mol. The molecule has 0 bridgehead atoms. The van der Waals surface area contributed by atoms with Crippen molar-refractivity contribution in [3.8, 4) is 11.4 Å². The number of benzene rings is 4. The normalized spacial score (nSPS) is 11.5. The molecule has 0 aliphatic rings. The zero-order valence-corrected chi connectivity index (χ0v) is 20.2. The number of aromatic nitrogens is 3. The molecule has 2 aromatic heterocycles. The summed E-state index contributed by atoms with van der Waals surface area (Å²) in [6.45, 7) is 0.557. The van der Waals surface area contributed by atoms with Gasteiger partial charge in [0, 0.05) is 34.8 Å². The standard InChI is InChI=1S/C31H22N4O3/c36-30-26-11-4-6-12-27(26)33-29(22-8-2-1-3-9-22)35(30)32-18-24-20-34(28-13-7-5-10-25(24)28)19-21-14-16-23(17-15-21)31(37)38/h1-18,20H,19H2,(H,37,38). The highest BCUT2D eigenvalue weighted by atomic mass is 16.4. The van der Waals surface area contributed by atoms with Gasteiger partial charge in [0.25, 0.3) is 5.56 Å². The fourth-order valence-electron chi connectivity index (χ4n) is 4.58. The Labute approximate surface area is 217 Å². The van der Waals surface area contributed by atoms with E-state index >= 15 is 0 Å². The van der Waals surface area contributed by atoms with Crippen LogP contribution in [-0.2, 0) is 6.54 Å². The maximum absolute atomic E-state index is 13.5. The van der Waals surface area contributed by atoms with Crippen molar-refractivity contribution in [2.75, 3.05) is 0 Å². The summed E-state index contributed by atoms with van der Waals surface area (Å²) in [5, 5.41) is 15.3. The topological polar surface area (TPSA) is 89.5 Å². The summed E-state index contributed by atoms with van der Waals surface area (Å²) in [6.07, 6.45) is 3.68. The Bertz CT molecular complexity index is 1880. The van der Waals surface area contributed by atoms with Gasteiger partial charge < -0.3 is 9.67 Å². The Hall–Kier alpha value is -5.30. The van der Waals surface area contributed by atoms with Crippen molar-refractivity contribution in [3.05, 3.63) is 136 Å². The number of carboxylic acid groups (broad SMARTS) is 1. The minimum absolute atomic E-state index is 0.243. The summed E-state index contributed by atoms with van der Waals surface area (Å²) in [4.78, 5) is 29.5. The first-order valence-electron chi connectivity index (χ1n) is 12.1. The van der Waals surface area contributed by atoms with Crippen LogP contribution in [0.15, 0.2) is 119 Å². The molecule has 0 unspecified atom stereocenters. The number of carboxylic acids is 1. The Balaban J connectivity index is 1.44. The Morgan fingerprint density at radius 1 is 0.842 bits per heavy atom. The van der Waals surface area contributed by atoms with Crippen molar-refractivity contribution in [2.24, 2.45) is 5.10 Å². The van der Waals surface area contributed by atoms with Crippen LogP contribution in [0.2, 0.25) is 0 Å². The maximum Gasteiger partial charge on any atom is 0.335 e. The van der Waals surface area contributed by atoms with Gasteiger partial charge in [-0.05, 0) is 35.9 Å². The molecule has 6 aromatic rings. The molecule has 4 aromatic carbocycles. The molecule has 0 aliphatic heterocycles. The third-order valence-corrected chi connectivity index (χ3v) is 6.47. The smallest absolute Gasteiger partial charge is 0.335 e. The molecule has 2 heterocycles. The lowest BCUT2D eigenvalue weighted by Gasteiger charge is -2.09. The number of para-hydroxylation sites is 2. The van der Waals surface area contributed by atoms with Gasteiger partial charge in [0.15, 0.2) is 5.82 Å². The van der Waals surface area contributed by atoms with E-state index < -0.39 is 5.97 Å². The molecule has 6 rings (SSSR count). The number of fused-ring (bicyclic) bond motifs is 2. The largest absolute Gasteiger partial charge is 0.478 e. The van der Waals surface area contributed by atoms with E-state index in [9.17, 15) is 14.7 Å². The molecule has 0 saturated heterocycles. The summed E-state index contributed by atoms with van der Waals surface area (Å²) >= 11 is 0. The molecule has 0 radical (unpaired) electrons. The first-order chi connectivity index (χ1) is 18.6. The van der Waals surface area contributed by atoms with Gasteiger partial charge in [-0.25, -0.2) is 9.78 Å². The number of rotatable bonds is 6. The van der Waals surface area contributed by atoms with E-state index in [4.69, 9.17) is 4.98 Å². The molecule has 38 heavy (non-hydrogen) atoms. The van der Waals surface area contributed by atoms with Crippen molar-refractivity contribution < 1.29 is 9.90 Å². The van der Waals surface area contributed by atoms with Crippen LogP contribution >= 0.6 is 0 Å². The second kappa shape index (κ2) is 9.63. The predicted octanol–water partition coefficient (Wildman–Crippen LogP) is 5.65. The van der Waals surface area contributed by atoms with Crippen LogP contribution in [0.5, 0.6) is 0 Å². The molecule has 7 heteroatoms. The van der Waals surface area contributed by atoms with Crippen LogP contribution in [0.25, 0.3) is 33.2 Å². The fraction of sp³-hybridized carbons (Fsp3) is 0.0323. The SMILES string of the molecule is O=C(O)c1ccc(Cn2cc(C=Nn3c(-c4ccccc4)nc4ccccc4c3=O)c3ccccc32)cc1. The van der Waals surface area contributed by atoms with Crippen LogP contribution in [0.3, 0.4) is 0 Å². The number of carbonyl (C=O) groups is 1. The van der Waals surface area contributed by atoms with Crippen molar-refractivity contribution >= 4 is 34.0 Å². The minimum atomic E-state index is -0.949. The van der Waals surface area contributed by atoms with E-state index in [1.807, 2.05) is 91.1 Å². The third-order valence-electron chi connectivity index (χ3n) is 6.47. The molecule has 1 N–H and O–H groups in total. The van der Waals surface area contributed by atoms with Gasteiger partial charge in [0.2, 0.25) is 0 Å². The molecule has 7 nitrogen and oxygen atoms in total. The quantitative estimate of drug-likeness (QED) is 0.301. The summed E-state index contributed by atoms with van der Waals surface area (Å²) in [7, 11) is 0. The van der Waals surface area contributed by atoms with Gasteiger partial charge >= 0.3 is 5.97 Å². The zero-order valence-electron chi connectivity index (χ0n) is 20.2. The number of hydrogen-bond acceptors (Lipinski definition) is 4. The van der Waals surface area contributed by atoms with Crippen LogP contribution in [0.4, 0.5) is 0 Å². The molecule has 0 fully saturated rings. The first kappa shape index (κ1) is 23.1. The molecular formula is C31H22N4O3. The van der Waals surface area contributed by atoms with Gasteiger partial charge in [-0.3, -0.25) is 4.79 Å². The van der Waals surface area contributed by atoms with E-state index in [2.05, 4.69) is 9.67 Å². The number of hydrogen-bond donors (Lipinski definition) is 1. The van der Waals surface area contributed by atoms with Crippen LogP contribution in [-0.4, -0.2) is 31.5 Å². The van der Waals surface area contributed by atoms with Crippen LogP contribution in [0, 0.1) is 0 Å². The van der Waals surface area contributed by atoms with Crippen LogP contribution < -0.4 is 5.56 Å². The fourth-order valence-corrected chi connectivity index (χ4v) is 4.58. The first-order valence-corrected chi connectivity index (χ1v) is 12.1. The third kappa shape index (κ3) is 4.26. The summed E-state index contributed by atoms with van der Waals surface area (Å²) in [5.74, 6) is -0.484. The van der Waals surface area contributed by atoms with E-state index in [1.165, 1.54) is 4.68 Å². The average Bonchev–Trinajstić information content (AvgIpc) is 3.30. The van der Waals surface area contributed by atoms with Crippen molar-refractivity contribution in [2.45, 2.75) is 6.54 Å². The second-order valence-electron chi connectivity index (χ2n) is 8.91. The van der Waals surface area contributed by atoms with Crippen molar-refractivity contribution in [1.82, 2.24) is 14.2 Å². The molecule has 0 atom stereocenters. The van der Waals surface area contributed by atoms with Gasteiger partial charge in [-0.1, -0.05) is 72.8 Å². The van der Waals surface area contributed by atoms with Gasteiger partial charge in [-0.2, -0.15) is 9.78 Å². The summed E-state index contributed by atoms with van der Waals surface area (Å²) < 4.78 is 3.44. The maximum atomic E-state index is 13.5. The van der Waals surface area contributed by atoms with E-state index in [0.717, 1.165) is 27.6 Å². The van der Waals surface area contributed by atoms with Gasteiger partial charge in [0.05, 0.1) is 22.7 Å². The summed E-state index contributed by atoms with van der Waals surface area (Å²) in [5.41, 5.74) is 4.24. The molecule has 0 spiro atoms. The van der Waals surface area contributed by atoms with Crippen LogP contribution in [0.1, 0.15) is 21.5 Å². The van der Waals surface area contributed by atoms with Crippen molar-refractivity contribution in [3.63, 3.8) is 0 Å². The molecule has 0 saturated carbocycles. The Morgan fingerprint density at radius 3 is 2.29 bits per heavy atom. The average molecular weight is 499 g/mol. The number of nitrogens with zero attached hydrogens (tertiary/aromatic N) is 4. The highest BCUT2D eigenvalue weighted by Gasteiger charge is 2.13. The Kier molecular flexibility index (Phi) is 5.86. The lowest BCUT2D eigenvalue weighted by Crippen LogP contribution is -2.20. The highest BCUT2D eigenvalue weighted by molar-refractivity contribution is 5.99. The van der Waals surface area contributed by atoms with E-state index in [-0.39, 0.29) is 11.1 Å². The molecule has 184 valence electrons. The zero-order chi connectivity index (χ0) is 26.1. The van der Waals surface area contributed by atoms with Gasteiger partial charge in [-0.15, -0.1) is 0 Å². The molecular weight excluding hydrogens is 476 g/mol. The van der Waals surface area contributed by atoms with Gasteiger partial charge in [0.1, 0.15) is 0 Å². The van der Waals surface area contributed by atoms with E-state index in [0.29, 0.717) is 23.3 Å². The minimum Gasteiger partial charge on any atom is -0.478 e. The summed E-state index contributed by atoms with van der Waals surface area (Å²) in [6, 6.07) is 31.6. The predicted molar refractivity (Wildman–Crippen MR) is 149 cm³/mol. The lowest BCUT2D eigenvalue weighted by atomic mass is 10.1. The molecule has 0 aliphatic carbocycles. The second-order valence-corrected chi connectivity index (χ2v) is 8.91.